The van der Waals surface area contributed by atoms with Gasteiger partial charge in [-0.05, 0) is 48.2 Å². The highest BCUT2D eigenvalue weighted by Crippen LogP contribution is 2.47. The molecule has 2 atom stereocenters. The molecule has 2 N–H and O–H groups in total. The molecule has 0 aromatic heterocycles. The van der Waals surface area contributed by atoms with Gasteiger partial charge < -0.3 is 20.0 Å². The number of para-hydroxylation sites is 2. The molecule has 0 aliphatic carbocycles. The van der Waals surface area contributed by atoms with E-state index < -0.39 is 11.2 Å². The lowest BCUT2D eigenvalue weighted by Gasteiger charge is -2.45. The van der Waals surface area contributed by atoms with Gasteiger partial charge in [0.05, 0.1) is 0 Å². The van der Waals surface area contributed by atoms with Gasteiger partial charge in [-0.25, -0.2) is 0 Å². The second-order valence-corrected chi connectivity index (χ2v) is 10.0. The molecule has 0 heterocycles. The van der Waals surface area contributed by atoms with E-state index >= 15 is 0 Å². The maximum absolute atomic E-state index is 13.3. The minimum atomic E-state index is -1.87. The average Bonchev–Trinajstić information content (AvgIpc) is 3.03. The Hall–Kier alpha value is -4.26. The van der Waals surface area contributed by atoms with E-state index in [0.717, 1.165) is 11.4 Å². The van der Waals surface area contributed by atoms with Crippen LogP contribution < -0.4 is 9.80 Å². The third kappa shape index (κ3) is 6.14. The molecule has 4 rings (SSSR count). The summed E-state index contributed by atoms with van der Waals surface area (Å²) in [5.74, 6) is -0.397. The van der Waals surface area contributed by atoms with E-state index in [4.69, 9.17) is 0 Å². The van der Waals surface area contributed by atoms with E-state index in [1.54, 1.807) is 72.4 Å². The Labute approximate surface area is 236 Å². The molecule has 4 aromatic rings. The molecule has 6 heteroatoms. The second kappa shape index (κ2) is 12.7. The lowest BCUT2D eigenvalue weighted by atomic mass is 9.68. The zero-order valence-corrected chi connectivity index (χ0v) is 23.0. The van der Waals surface area contributed by atoms with Gasteiger partial charge in [-0.2, -0.15) is 0 Å². The van der Waals surface area contributed by atoms with Gasteiger partial charge in [0, 0.05) is 38.3 Å². The van der Waals surface area contributed by atoms with Crippen molar-refractivity contribution >= 4 is 23.2 Å². The van der Waals surface area contributed by atoms with Gasteiger partial charge in [-0.1, -0.05) is 97.1 Å². The lowest BCUT2D eigenvalue weighted by Crippen LogP contribution is -2.50. The Kier molecular flexibility index (Phi) is 9.15. The molecule has 0 aliphatic rings. The summed E-state index contributed by atoms with van der Waals surface area (Å²) in [5, 5.41) is 25.0. The van der Waals surface area contributed by atoms with Crippen LogP contribution >= 0.6 is 0 Å². The van der Waals surface area contributed by atoms with Crippen molar-refractivity contribution < 1.29 is 19.8 Å². The zero-order chi connectivity index (χ0) is 28.6. The topological polar surface area (TPSA) is 81.1 Å². The van der Waals surface area contributed by atoms with Gasteiger partial charge in [0.25, 0.3) is 0 Å². The molecule has 0 aliphatic heterocycles. The predicted molar refractivity (Wildman–Crippen MR) is 159 cm³/mol. The van der Waals surface area contributed by atoms with Crippen molar-refractivity contribution in [1.29, 1.82) is 0 Å². The molecular weight excluding hydrogens is 500 g/mol. The quantitative estimate of drug-likeness (QED) is 0.260. The van der Waals surface area contributed by atoms with Crippen LogP contribution in [0.4, 0.5) is 11.4 Å². The summed E-state index contributed by atoms with van der Waals surface area (Å²) in [5.41, 5.74) is -1.31. The average molecular weight is 537 g/mol. The van der Waals surface area contributed by atoms with Gasteiger partial charge in [-0.15, -0.1) is 0 Å². The second-order valence-electron chi connectivity index (χ2n) is 10.0. The molecule has 2 amide bonds. The molecule has 0 spiro atoms. The standard InChI is InChI=1S/C34H36N2O4/c1-35(29-19-11-5-12-20-29)31(37)23-25-33(39,27-15-7-3-8-16-27)34(40,28-17-9-4-10-18-28)26-24-32(38)36(2)30-21-13-6-14-22-30/h3-22,39-40H,23-26H2,1-2H3/t33-,34-/m1/s1. The van der Waals surface area contributed by atoms with Crippen molar-refractivity contribution in [2.45, 2.75) is 36.9 Å². The Morgan fingerprint density at radius 1 is 0.525 bits per heavy atom. The predicted octanol–water partition coefficient (Wildman–Crippen LogP) is 5.65. The van der Waals surface area contributed by atoms with Crippen LogP contribution in [0.15, 0.2) is 121 Å². The van der Waals surface area contributed by atoms with E-state index in [1.165, 1.54) is 0 Å². The highest BCUT2D eigenvalue weighted by Gasteiger charge is 2.51. The molecule has 0 bridgehead atoms. The number of hydrogen-bond donors (Lipinski definition) is 2. The summed E-state index contributed by atoms with van der Waals surface area (Å²) in [7, 11) is 3.39. The van der Waals surface area contributed by atoms with Gasteiger partial charge in [0.2, 0.25) is 11.8 Å². The molecule has 0 radical (unpaired) electrons. The molecule has 0 saturated carbocycles. The number of amides is 2. The summed E-state index contributed by atoms with van der Waals surface area (Å²) in [6.45, 7) is 0. The largest absolute Gasteiger partial charge is 0.382 e. The monoisotopic (exact) mass is 536 g/mol. The number of carbonyl (C=O) groups is 2. The fourth-order valence-corrected chi connectivity index (χ4v) is 5.11. The third-order valence-corrected chi connectivity index (χ3v) is 7.62. The SMILES string of the molecule is CN(C(=O)CC[C@@](O)(c1ccccc1)[C@@](O)(CCC(=O)N(C)c1ccccc1)c1ccccc1)c1ccccc1. The van der Waals surface area contributed by atoms with Crippen LogP contribution in [0.25, 0.3) is 0 Å². The number of carbonyl (C=O) groups excluding carboxylic acids is 2. The Morgan fingerprint density at radius 2 is 0.800 bits per heavy atom. The van der Waals surface area contributed by atoms with Gasteiger partial charge in [0.1, 0.15) is 11.2 Å². The number of hydrogen-bond acceptors (Lipinski definition) is 4. The highest BCUT2D eigenvalue weighted by molar-refractivity contribution is 5.93. The summed E-state index contributed by atoms with van der Waals surface area (Å²) in [4.78, 5) is 29.6. The van der Waals surface area contributed by atoms with E-state index in [-0.39, 0.29) is 37.5 Å². The van der Waals surface area contributed by atoms with Gasteiger partial charge >= 0.3 is 0 Å². The molecule has 4 aromatic carbocycles. The molecule has 0 fully saturated rings. The minimum absolute atomic E-state index is 0.0240. The maximum atomic E-state index is 13.3. The summed E-state index contributed by atoms with van der Waals surface area (Å²) in [6, 6.07) is 36.4. The van der Waals surface area contributed by atoms with E-state index in [9.17, 15) is 19.8 Å². The van der Waals surface area contributed by atoms with Crippen molar-refractivity contribution in [2.24, 2.45) is 0 Å². The summed E-state index contributed by atoms with van der Waals surface area (Å²) >= 11 is 0. The van der Waals surface area contributed by atoms with E-state index in [0.29, 0.717) is 11.1 Å². The fraction of sp³-hybridized carbons (Fsp3) is 0.235. The van der Waals surface area contributed by atoms with Crippen LogP contribution in [0.3, 0.4) is 0 Å². The van der Waals surface area contributed by atoms with Gasteiger partial charge in [-0.3, -0.25) is 9.59 Å². The molecule has 206 valence electrons. The maximum Gasteiger partial charge on any atom is 0.226 e. The van der Waals surface area contributed by atoms with Crippen LogP contribution in [0.5, 0.6) is 0 Å². The number of anilines is 2. The van der Waals surface area contributed by atoms with Crippen molar-refractivity contribution in [2.75, 3.05) is 23.9 Å². The first-order chi connectivity index (χ1) is 19.3. The highest BCUT2D eigenvalue weighted by atomic mass is 16.4. The first-order valence-corrected chi connectivity index (χ1v) is 13.5. The van der Waals surface area contributed by atoms with Gasteiger partial charge in [0.15, 0.2) is 0 Å². The Morgan fingerprint density at radius 3 is 1.10 bits per heavy atom. The number of aliphatic hydroxyl groups is 2. The van der Waals surface area contributed by atoms with Crippen LogP contribution in [0.2, 0.25) is 0 Å². The molecular formula is C34H36N2O4. The molecule has 0 saturated heterocycles. The molecule has 40 heavy (non-hydrogen) atoms. The zero-order valence-electron chi connectivity index (χ0n) is 23.0. The third-order valence-electron chi connectivity index (χ3n) is 7.62. The summed E-state index contributed by atoms with van der Waals surface area (Å²) < 4.78 is 0. The van der Waals surface area contributed by atoms with Crippen molar-refractivity contribution in [3.05, 3.63) is 132 Å². The first-order valence-electron chi connectivity index (χ1n) is 13.5. The normalized spacial score (nSPS) is 14.0. The van der Waals surface area contributed by atoms with E-state index in [2.05, 4.69) is 0 Å². The number of benzene rings is 4. The van der Waals surface area contributed by atoms with Crippen molar-refractivity contribution in [1.82, 2.24) is 0 Å². The number of rotatable bonds is 11. The van der Waals surface area contributed by atoms with E-state index in [1.807, 2.05) is 72.8 Å². The lowest BCUT2D eigenvalue weighted by molar-refractivity contribution is -0.177. The fourth-order valence-electron chi connectivity index (χ4n) is 5.11. The first kappa shape index (κ1) is 28.7. The number of nitrogens with zero attached hydrogens (tertiary/aromatic N) is 2. The molecule has 0 unspecified atom stereocenters. The minimum Gasteiger partial charge on any atom is -0.382 e. The Balaban J connectivity index is 1.67. The molecule has 6 nitrogen and oxygen atoms in total. The van der Waals surface area contributed by atoms with Crippen LogP contribution in [-0.4, -0.2) is 36.1 Å². The summed E-state index contributed by atoms with van der Waals surface area (Å²) in [6.07, 6.45) is -0.157. The van der Waals surface area contributed by atoms with Crippen LogP contribution in [0, 0.1) is 0 Å². The van der Waals surface area contributed by atoms with Crippen LogP contribution in [-0.2, 0) is 20.8 Å². The van der Waals surface area contributed by atoms with Crippen molar-refractivity contribution in [3.8, 4) is 0 Å². The smallest absolute Gasteiger partial charge is 0.226 e. The van der Waals surface area contributed by atoms with Crippen LogP contribution in [0.1, 0.15) is 36.8 Å². The van der Waals surface area contributed by atoms with Crippen molar-refractivity contribution in [3.63, 3.8) is 0 Å². The Bertz CT molecular complexity index is 1270.